The third-order valence-corrected chi connectivity index (χ3v) is 10.1. The molecule has 0 radical (unpaired) electrons. The molecular formula is C39H50N2O. The molecule has 4 aromatic rings. The Morgan fingerprint density at radius 2 is 1.55 bits per heavy atom. The molecule has 0 amide bonds. The van der Waals surface area contributed by atoms with Gasteiger partial charge in [-0.3, -0.25) is 4.90 Å². The Bertz CT molecular complexity index is 1470. The number of benzene rings is 3. The van der Waals surface area contributed by atoms with E-state index in [-0.39, 0.29) is 0 Å². The largest absolute Gasteiger partial charge is 0.492 e. The maximum atomic E-state index is 6.17. The molecule has 1 unspecified atom stereocenters. The zero-order valence-electron chi connectivity index (χ0n) is 26.4. The third kappa shape index (κ3) is 6.62. The van der Waals surface area contributed by atoms with E-state index in [4.69, 9.17) is 4.74 Å². The predicted octanol–water partition coefficient (Wildman–Crippen LogP) is 9.78. The van der Waals surface area contributed by atoms with Crippen LogP contribution in [0.15, 0.2) is 66.7 Å². The highest BCUT2D eigenvalue weighted by Gasteiger charge is 2.37. The molecule has 2 aliphatic rings. The molecule has 42 heavy (non-hydrogen) atoms. The zero-order valence-corrected chi connectivity index (χ0v) is 26.4. The van der Waals surface area contributed by atoms with E-state index in [2.05, 4.69) is 104 Å². The molecule has 1 saturated carbocycles. The minimum Gasteiger partial charge on any atom is -0.492 e. The van der Waals surface area contributed by atoms with Crippen LogP contribution in [0.1, 0.15) is 93.9 Å². The fourth-order valence-electron chi connectivity index (χ4n) is 6.83. The van der Waals surface area contributed by atoms with Gasteiger partial charge in [-0.1, -0.05) is 76.1 Å². The van der Waals surface area contributed by atoms with Crippen LogP contribution in [0.4, 0.5) is 0 Å². The molecule has 0 bridgehead atoms. The van der Waals surface area contributed by atoms with E-state index in [1.54, 1.807) is 0 Å². The Hall–Kier alpha value is -3.04. The Balaban J connectivity index is 1.25. The SMILES string of the molecule is CCC(C)c1ccc(-c2c(C)c3cc(CC4(C)CC4)ccc3n2Cc2ccc(OCCN3CCCCCC3)cc2)cc1. The van der Waals surface area contributed by atoms with E-state index in [1.165, 1.54) is 102 Å². The van der Waals surface area contributed by atoms with Gasteiger partial charge in [0.05, 0.1) is 5.69 Å². The number of hydrogen-bond acceptors (Lipinski definition) is 2. The highest BCUT2D eigenvalue weighted by Crippen LogP contribution is 2.48. The quantitative estimate of drug-likeness (QED) is 0.181. The van der Waals surface area contributed by atoms with Gasteiger partial charge >= 0.3 is 0 Å². The lowest BCUT2D eigenvalue weighted by atomic mass is 9.95. The van der Waals surface area contributed by atoms with Crippen LogP contribution in [-0.2, 0) is 13.0 Å². The second kappa shape index (κ2) is 12.7. The number of hydrogen-bond donors (Lipinski definition) is 0. The van der Waals surface area contributed by atoms with Gasteiger partial charge in [0.2, 0.25) is 0 Å². The van der Waals surface area contributed by atoms with Crippen LogP contribution >= 0.6 is 0 Å². The van der Waals surface area contributed by atoms with E-state index < -0.39 is 0 Å². The maximum Gasteiger partial charge on any atom is 0.119 e. The zero-order chi connectivity index (χ0) is 29.1. The minimum atomic E-state index is 0.510. The van der Waals surface area contributed by atoms with Crippen molar-refractivity contribution >= 4 is 10.9 Å². The first-order chi connectivity index (χ1) is 20.4. The van der Waals surface area contributed by atoms with Gasteiger partial charge in [0.15, 0.2) is 0 Å². The number of fused-ring (bicyclic) bond motifs is 1. The van der Waals surface area contributed by atoms with Crippen LogP contribution in [0.2, 0.25) is 0 Å². The molecule has 2 fully saturated rings. The van der Waals surface area contributed by atoms with Gasteiger partial charge in [0.1, 0.15) is 12.4 Å². The smallest absolute Gasteiger partial charge is 0.119 e. The van der Waals surface area contributed by atoms with Crippen molar-refractivity contribution in [2.24, 2.45) is 5.41 Å². The molecule has 6 rings (SSSR count). The molecule has 3 nitrogen and oxygen atoms in total. The second-order valence-corrected chi connectivity index (χ2v) is 13.6. The molecule has 2 heterocycles. The van der Waals surface area contributed by atoms with E-state index in [0.717, 1.165) is 31.9 Å². The number of ether oxygens (including phenoxy) is 1. The van der Waals surface area contributed by atoms with Crippen LogP contribution in [0, 0.1) is 12.3 Å². The second-order valence-electron chi connectivity index (χ2n) is 13.6. The summed E-state index contributed by atoms with van der Waals surface area (Å²) in [4.78, 5) is 2.56. The van der Waals surface area contributed by atoms with Crippen molar-refractivity contribution in [3.8, 4) is 17.0 Å². The summed E-state index contributed by atoms with van der Waals surface area (Å²) in [7, 11) is 0. The highest BCUT2D eigenvalue weighted by molar-refractivity contribution is 5.92. The van der Waals surface area contributed by atoms with E-state index >= 15 is 0 Å². The van der Waals surface area contributed by atoms with E-state index in [0.29, 0.717) is 11.3 Å². The first-order valence-corrected chi connectivity index (χ1v) is 16.6. The summed E-state index contributed by atoms with van der Waals surface area (Å²) in [6.07, 6.45) is 10.5. The summed E-state index contributed by atoms with van der Waals surface area (Å²) in [6, 6.07) is 25.4. The summed E-state index contributed by atoms with van der Waals surface area (Å²) in [6.45, 7) is 14.4. The molecular weight excluding hydrogens is 512 g/mol. The molecule has 1 saturated heterocycles. The molecule has 222 valence electrons. The number of aromatic nitrogens is 1. The molecule has 1 aromatic heterocycles. The van der Waals surface area contributed by atoms with Crippen molar-refractivity contribution in [1.29, 1.82) is 0 Å². The standard InChI is InChI=1S/C39H50N2O/c1-5-29(2)33-13-15-34(16-14-33)38-30(3)36-26-32(27-39(4)20-21-39)12-19-37(36)41(38)28-31-10-17-35(18-11-31)42-25-24-40-22-8-6-7-9-23-40/h10-19,26,29H,5-9,20-25,27-28H2,1-4H3. The molecule has 1 aliphatic heterocycles. The molecule has 3 aromatic carbocycles. The first-order valence-electron chi connectivity index (χ1n) is 16.6. The molecule has 0 spiro atoms. The number of rotatable bonds is 11. The van der Waals surface area contributed by atoms with Gasteiger partial charge in [-0.15, -0.1) is 0 Å². The molecule has 1 aliphatic carbocycles. The van der Waals surface area contributed by atoms with Crippen LogP contribution < -0.4 is 4.74 Å². The Kier molecular flexibility index (Phi) is 8.77. The van der Waals surface area contributed by atoms with E-state index in [1.807, 2.05) is 0 Å². The molecule has 1 atom stereocenters. The fourth-order valence-corrected chi connectivity index (χ4v) is 6.83. The normalized spacial score (nSPS) is 17.7. The lowest BCUT2D eigenvalue weighted by molar-refractivity contribution is 0.214. The Morgan fingerprint density at radius 1 is 0.857 bits per heavy atom. The molecule has 0 N–H and O–H groups in total. The lowest BCUT2D eigenvalue weighted by Crippen LogP contribution is -2.29. The maximum absolute atomic E-state index is 6.17. The van der Waals surface area contributed by atoms with Gasteiger partial charge in [-0.2, -0.15) is 0 Å². The van der Waals surface area contributed by atoms with Crippen molar-refractivity contribution in [2.45, 2.75) is 91.5 Å². The van der Waals surface area contributed by atoms with Gasteiger partial charge in [0.25, 0.3) is 0 Å². The van der Waals surface area contributed by atoms with Crippen molar-refractivity contribution < 1.29 is 4.74 Å². The summed E-state index contributed by atoms with van der Waals surface area (Å²) in [5.74, 6) is 1.56. The average molecular weight is 563 g/mol. The van der Waals surface area contributed by atoms with Crippen molar-refractivity contribution in [1.82, 2.24) is 9.47 Å². The fraction of sp³-hybridized carbons (Fsp3) is 0.487. The summed E-state index contributed by atoms with van der Waals surface area (Å²) >= 11 is 0. The Morgan fingerprint density at radius 3 is 2.21 bits per heavy atom. The first kappa shape index (κ1) is 29.1. The van der Waals surface area contributed by atoms with Gasteiger partial charge in [-0.25, -0.2) is 0 Å². The van der Waals surface area contributed by atoms with Crippen LogP contribution in [-0.4, -0.2) is 35.7 Å². The number of aryl methyl sites for hydroxylation is 1. The summed E-state index contributed by atoms with van der Waals surface area (Å²) in [5, 5.41) is 1.39. The molecule has 3 heteroatoms. The lowest BCUT2D eigenvalue weighted by Gasteiger charge is -2.19. The Labute approximate surface area is 253 Å². The topological polar surface area (TPSA) is 17.4 Å². The third-order valence-electron chi connectivity index (χ3n) is 10.1. The van der Waals surface area contributed by atoms with Gasteiger partial charge in [-0.05, 0) is 122 Å². The van der Waals surface area contributed by atoms with Crippen LogP contribution in [0.3, 0.4) is 0 Å². The average Bonchev–Trinajstić information content (AvgIpc) is 3.74. The summed E-state index contributed by atoms with van der Waals surface area (Å²) < 4.78 is 8.71. The van der Waals surface area contributed by atoms with Crippen LogP contribution in [0.25, 0.3) is 22.2 Å². The number of likely N-dealkylation sites (tertiary alicyclic amines) is 1. The van der Waals surface area contributed by atoms with Crippen molar-refractivity contribution in [2.75, 3.05) is 26.2 Å². The highest BCUT2D eigenvalue weighted by atomic mass is 16.5. The predicted molar refractivity (Wildman–Crippen MR) is 178 cm³/mol. The van der Waals surface area contributed by atoms with Crippen LogP contribution in [0.5, 0.6) is 5.75 Å². The van der Waals surface area contributed by atoms with E-state index in [9.17, 15) is 0 Å². The minimum absolute atomic E-state index is 0.510. The van der Waals surface area contributed by atoms with Crippen molar-refractivity contribution in [3.05, 3.63) is 89.0 Å². The van der Waals surface area contributed by atoms with Gasteiger partial charge < -0.3 is 9.30 Å². The monoisotopic (exact) mass is 562 g/mol. The number of nitrogens with zero attached hydrogens (tertiary/aromatic N) is 2. The van der Waals surface area contributed by atoms with Crippen molar-refractivity contribution in [3.63, 3.8) is 0 Å². The van der Waals surface area contributed by atoms with Gasteiger partial charge in [0, 0.05) is 24.0 Å². The summed E-state index contributed by atoms with van der Waals surface area (Å²) in [5.41, 5.74) is 10.1.